The first-order valence-electron chi connectivity index (χ1n) is 7.54. The molecule has 1 unspecified atom stereocenters. The predicted molar refractivity (Wildman–Crippen MR) is 77.0 cm³/mol. The van der Waals surface area contributed by atoms with Gasteiger partial charge in [0.15, 0.2) is 0 Å². The molecule has 0 spiro atoms. The minimum atomic E-state index is 0.894. The monoisotopic (exact) mass is 254 g/mol. The third-order valence-corrected chi connectivity index (χ3v) is 4.29. The van der Waals surface area contributed by atoms with Crippen molar-refractivity contribution >= 4 is 0 Å². The molecular formula is C14H30N4. The summed E-state index contributed by atoms with van der Waals surface area (Å²) in [6.45, 7) is 11.2. The highest BCUT2D eigenvalue weighted by atomic mass is 15.2. The van der Waals surface area contributed by atoms with Crippen molar-refractivity contribution in [1.29, 1.82) is 0 Å². The van der Waals surface area contributed by atoms with Gasteiger partial charge in [-0.2, -0.15) is 0 Å². The molecule has 2 rings (SSSR count). The van der Waals surface area contributed by atoms with E-state index in [4.69, 9.17) is 0 Å². The van der Waals surface area contributed by atoms with E-state index in [0.717, 1.165) is 12.5 Å². The Morgan fingerprint density at radius 2 is 2.11 bits per heavy atom. The van der Waals surface area contributed by atoms with Crippen molar-refractivity contribution in [2.75, 3.05) is 73.0 Å². The van der Waals surface area contributed by atoms with E-state index >= 15 is 0 Å². The smallest absolute Gasteiger partial charge is 0.0110 e. The van der Waals surface area contributed by atoms with E-state index in [1.165, 1.54) is 65.2 Å². The third-order valence-electron chi connectivity index (χ3n) is 4.29. The highest BCUT2D eigenvalue weighted by molar-refractivity contribution is 4.76. The van der Waals surface area contributed by atoms with Gasteiger partial charge in [0.25, 0.3) is 0 Å². The fraction of sp³-hybridized carbons (Fsp3) is 1.00. The summed E-state index contributed by atoms with van der Waals surface area (Å²) < 4.78 is 0. The summed E-state index contributed by atoms with van der Waals surface area (Å²) >= 11 is 0. The van der Waals surface area contributed by atoms with E-state index in [1.807, 2.05) is 0 Å². The zero-order valence-electron chi connectivity index (χ0n) is 12.2. The number of hydrogen-bond donors (Lipinski definition) is 1. The van der Waals surface area contributed by atoms with Crippen LogP contribution in [-0.2, 0) is 0 Å². The van der Waals surface area contributed by atoms with Crippen LogP contribution in [0.15, 0.2) is 0 Å². The van der Waals surface area contributed by atoms with Gasteiger partial charge >= 0.3 is 0 Å². The molecule has 2 fully saturated rings. The molecule has 2 aliphatic heterocycles. The fourth-order valence-electron chi connectivity index (χ4n) is 3.14. The van der Waals surface area contributed by atoms with Crippen LogP contribution in [0.1, 0.15) is 12.8 Å². The zero-order valence-corrected chi connectivity index (χ0v) is 12.2. The lowest BCUT2D eigenvalue weighted by Crippen LogP contribution is -2.37. The maximum absolute atomic E-state index is 3.47. The summed E-state index contributed by atoms with van der Waals surface area (Å²) in [5, 5.41) is 3.47. The van der Waals surface area contributed by atoms with Crippen molar-refractivity contribution in [3.05, 3.63) is 0 Å². The van der Waals surface area contributed by atoms with Gasteiger partial charge in [0.05, 0.1) is 0 Å². The molecular weight excluding hydrogens is 224 g/mol. The lowest BCUT2D eigenvalue weighted by atomic mass is 10.1. The molecule has 0 saturated carbocycles. The van der Waals surface area contributed by atoms with Crippen LogP contribution in [0.25, 0.3) is 0 Å². The van der Waals surface area contributed by atoms with Crippen molar-refractivity contribution in [2.45, 2.75) is 12.8 Å². The predicted octanol–water partition coefficient (Wildman–Crippen LogP) is 0.165. The average molecular weight is 254 g/mol. The van der Waals surface area contributed by atoms with Gasteiger partial charge < -0.3 is 20.0 Å². The van der Waals surface area contributed by atoms with Crippen molar-refractivity contribution < 1.29 is 0 Å². The first kappa shape index (κ1) is 14.3. The molecule has 2 heterocycles. The van der Waals surface area contributed by atoms with Crippen molar-refractivity contribution in [3.8, 4) is 0 Å². The van der Waals surface area contributed by atoms with Crippen molar-refractivity contribution in [3.63, 3.8) is 0 Å². The Labute approximate surface area is 112 Å². The number of nitrogens with one attached hydrogen (secondary N) is 1. The van der Waals surface area contributed by atoms with Crippen LogP contribution in [0.4, 0.5) is 0 Å². The average Bonchev–Trinajstić information content (AvgIpc) is 2.62. The van der Waals surface area contributed by atoms with Gasteiger partial charge in [-0.15, -0.1) is 0 Å². The molecule has 0 aromatic heterocycles. The van der Waals surface area contributed by atoms with Crippen LogP contribution >= 0.6 is 0 Å². The van der Waals surface area contributed by atoms with Crippen LogP contribution < -0.4 is 5.32 Å². The number of nitrogens with zero attached hydrogens (tertiary/aromatic N) is 3. The van der Waals surface area contributed by atoms with Crippen LogP contribution in [0.5, 0.6) is 0 Å². The SMILES string of the molecule is CN1CCC(CN(C)CCN2CCCNCC2)C1. The topological polar surface area (TPSA) is 21.8 Å². The first-order valence-corrected chi connectivity index (χ1v) is 7.54. The van der Waals surface area contributed by atoms with E-state index in [2.05, 4.69) is 34.1 Å². The second-order valence-electron chi connectivity index (χ2n) is 6.12. The summed E-state index contributed by atoms with van der Waals surface area (Å²) in [5.74, 6) is 0.894. The Hall–Kier alpha value is -0.160. The third kappa shape index (κ3) is 4.84. The second kappa shape index (κ2) is 7.43. The van der Waals surface area contributed by atoms with Crippen molar-refractivity contribution in [2.24, 2.45) is 5.92 Å². The van der Waals surface area contributed by atoms with Gasteiger partial charge in [-0.1, -0.05) is 0 Å². The Morgan fingerprint density at radius 3 is 2.89 bits per heavy atom. The normalized spacial score (nSPS) is 27.8. The highest BCUT2D eigenvalue weighted by Crippen LogP contribution is 2.14. The first-order chi connectivity index (χ1) is 8.74. The summed E-state index contributed by atoms with van der Waals surface area (Å²) in [6, 6.07) is 0. The van der Waals surface area contributed by atoms with Gasteiger partial charge in [-0.3, -0.25) is 0 Å². The van der Waals surface area contributed by atoms with Crippen LogP contribution in [0, 0.1) is 5.92 Å². The molecule has 0 aromatic rings. The minimum absolute atomic E-state index is 0.894. The van der Waals surface area contributed by atoms with Crippen LogP contribution in [0.3, 0.4) is 0 Å². The van der Waals surface area contributed by atoms with E-state index in [1.54, 1.807) is 0 Å². The number of rotatable bonds is 5. The Kier molecular flexibility index (Phi) is 5.89. The van der Waals surface area contributed by atoms with Gasteiger partial charge in [0.2, 0.25) is 0 Å². The van der Waals surface area contributed by atoms with Gasteiger partial charge in [-0.05, 0) is 52.5 Å². The minimum Gasteiger partial charge on any atom is -0.315 e. The molecule has 4 nitrogen and oxygen atoms in total. The molecule has 2 saturated heterocycles. The summed E-state index contributed by atoms with van der Waals surface area (Å²) in [7, 11) is 4.53. The van der Waals surface area contributed by atoms with Gasteiger partial charge in [-0.25, -0.2) is 0 Å². The molecule has 1 atom stereocenters. The molecule has 4 heteroatoms. The summed E-state index contributed by atoms with van der Waals surface area (Å²) in [5.41, 5.74) is 0. The fourth-order valence-corrected chi connectivity index (χ4v) is 3.14. The van der Waals surface area contributed by atoms with E-state index in [-0.39, 0.29) is 0 Å². The molecule has 2 aliphatic rings. The quantitative estimate of drug-likeness (QED) is 0.755. The highest BCUT2D eigenvalue weighted by Gasteiger charge is 2.20. The summed E-state index contributed by atoms with van der Waals surface area (Å²) in [4.78, 5) is 7.60. The van der Waals surface area contributed by atoms with Crippen molar-refractivity contribution in [1.82, 2.24) is 20.0 Å². The molecule has 106 valence electrons. The second-order valence-corrected chi connectivity index (χ2v) is 6.12. The molecule has 1 N–H and O–H groups in total. The maximum Gasteiger partial charge on any atom is 0.0110 e. The van der Waals surface area contributed by atoms with E-state index in [0.29, 0.717) is 0 Å². The van der Waals surface area contributed by atoms with E-state index < -0.39 is 0 Å². The Balaban J connectivity index is 1.60. The van der Waals surface area contributed by atoms with Gasteiger partial charge in [0, 0.05) is 39.3 Å². The van der Waals surface area contributed by atoms with E-state index in [9.17, 15) is 0 Å². The summed E-state index contributed by atoms with van der Waals surface area (Å²) in [6.07, 6.45) is 2.69. The molecule has 0 aromatic carbocycles. The molecule has 0 bridgehead atoms. The molecule has 18 heavy (non-hydrogen) atoms. The van der Waals surface area contributed by atoms with Crippen LogP contribution in [-0.4, -0.2) is 87.7 Å². The standard InChI is InChI=1S/C14H30N4/c1-16-8-4-14(12-16)13-17(2)10-11-18-7-3-5-15-6-9-18/h14-15H,3-13H2,1-2H3. The Bertz CT molecular complexity index is 226. The van der Waals surface area contributed by atoms with Gasteiger partial charge in [0.1, 0.15) is 0 Å². The maximum atomic E-state index is 3.47. The lowest BCUT2D eigenvalue weighted by molar-refractivity contribution is 0.215. The zero-order chi connectivity index (χ0) is 12.8. The lowest BCUT2D eigenvalue weighted by Gasteiger charge is -2.25. The number of likely N-dealkylation sites (N-methyl/N-ethyl adjacent to an activating group) is 1. The largest absolute Gasteiger partial charge is 0.315 e. The Morgan fingerprint density at radius 1 is 1.22 bits per heavy atom. The van der Waals surface area contributed by atoms with Crippen LogP contribution in [0.2, 0.25) is 0 Å². The molecule has 0 aliphatic carbocycles. The molecule has 0 amide bonds. The number of likely N-dealkylation sites (tertiary alicyclic amines) is 1. The number of hydrogen-bond acceptors (Lipinski definition) is 4. The molecule has 0 radical (unpaired) electrons.